The summed E-state index contributed by atoms with van der Waals surface area (Å²) >= 11 is 0. The Morgan fingerprint density at radius 3 is 3.00 bits per heavy atom. The largest absolute Gasteiger partial charge is 0.427 e. The van der Waals surface area contributed by atoms with E-state index in [-0.39, 0.29) is 5.91 Å². The molecule has 2 aromatic rings. The molecule has 0 atom stereocenters. The normalized spacial score (nSPS) is 13.3. The number of nitrogens with one attached hydrogen (secondary N) is 2. The van der Waals surface area contributed by atoms with Crippen LogP contribution in [0.15, 0.2) is 24.3 Å². The van der Waals surface area contributed by atoms with Crippen LogP contribution in [0.3, 0.4) is 0 Å². The average molecular weight is 314 g/mol. The highest BCUT2D eigenvalue weighted by Gasteiger charge is 2.21. The minimum Gasteiger partial charge on any atom is -0.427 e. The quantitative estimate of drug-likeness (QED) is 0.658. The van der Waals surface area contributed by atoms with Crippen LogP contribution < -0.4 is 15.4 Å². The Hall–Kier alpha value is -2.67. The number of aromatic nitrogens is 2. The number of carbonyl (C=O) groups is 2. The molecular formula is C16H18N4O3. The molecule has 23 heavy (non-hydrogen) atoms. The Bertz CT molecular complexity index is 767. The third-order valence-electron chi connectivity index (χ3n) is 3.66. The second kappa shape index (κ2) is 6.21. The molecule has 1 aromatic carbocycles. The first-order valence-corrected chi connectivity index (χ1v) is 7.40. The Morgan fingerprint density at radius 2 is 2.22 bits per heavy atom. The standard InChI is InChI=1S/C16H18N4O3/c1-10(21)23-12-5-3-4-11(8-12)16(22)18-15-13-9-17-7-6-14(13)19-20(15)2/h3-5,8,17H,6-7,9H2,1-2H3,(H,18,22). The van der Waals surface area contributed by atoms with Gasteiger partial charge in [-0.15, -0.1) is 0 Å². The van der Waals surface area contributed by atoms with Crippen molar-refractivity contribution >= 4 is 17.7 Å². The second-order valence-corrected chi connectivity index (χ2v) is 5.40. The maximum absolute atomic E-state index is 12.5. The van der Waals surface area contributed by atoms with E-state index in [0.717, 1.165) is 24.2 Å². The van der Waals surface area contributed by atoms with E-state index in [9.17, 15) is 9.59 Å². The van der Waals surface area contributed by atoms with Gasteiger partial charge in [0.15, 0.2) is 0 Å². The van der Waals surface area contributed by atoms with Gasteiger partial charge in [0.25, 0.3) is 5.91 Å². The Morgan fingerprint density at radius 1 is 1.39 bits per heavy atom. The summed E-state index contributed by atoms with van der Waals surface area (Å²) in [7, 11) is 1.81. The molecule has 0 fully saturated rings. The molecule has 7 heteroatoms. The van der Waals surface area contributed by atoms with E-state index in [1.54, 1.807) is 22.9 Å². The minimum absolute atomic E-state index is 0.268. The summed E-state index contributed by atoms with van der Waals surface area (Å²) in [5, 5.41) is 10.6. The van der Waals surface area contributed by atoms with Gasteiger partial charge in [-0.25, -0.2) is 0 Å². The van der Waals surface area contributed by atoms with E-state index in [4.69, 9.17) is 4.74 Å². The van der Waals surface area contributed by atoms with Crippen molar-refractivity contribution in [3.63, 3.8) is 0 Å². The summed E-state index contributed by atoms with van der Waals surface area (Å²) in [6.07, 6.45) is 0.848. The zero-order valence-corrected chi connectivity index (χ0v) is 13.0. The molecule has 2 heterocycles. The molecule has 0 unspecified atom stereocenters. The Balaban J connectivity index is 1.82. The number of hydrogen-bond donors (Lipinski definition) is 2. The van der Waals surface area contributed by atoms with Crippen LogP contribution >= 0.6 is 0 Å². The first-order valence-electron chi connectivity index (χ1n) is 7.40. The van der Waals surface area contributed by atoms with Gasteiger partial charge in [-0.1, -0.05) is 6.07 Å². The number of aryl methyl sites for hydroxylation is 1. The van der Waals surface area contributed by atoms with Crippen LogP contribution in [-0.2, 0) is 24.8 Å². The number of nitrogens with zero attached hydrogens (tertiary/aromatic N) is 2. The highest BCUT2D eigenvalue weighted by atomic mass is 16.5. The van der Waals surface area contributed by atoms with E-state index in [0.29, 0.717) is 23.7 Å². The van der Waals surface area contributed by atoms with Crippen LogP contribution in [0.25, 0.3) is 0 Å². The predicted molar refractivity (Wildman–Crippen MR) is 84.3 cm³/mol. The summed E-state index contributed by atoms with van der Waals surface area (Å²) in [6, 6.07) is 6.52. The second-order valence-electron chi connectivity index (χ2n) is 5.40. The maximum Gasteiger partial charge on any atom is 0.308 e. The summed E-state index contributed by atoms with van der Waals surface area (Å²) < 4.78 is 6.69. The molecule has 0 spiro atoms. The zero-order valence-electron chi connectivity index (χ0n) is 13.0. The molecule has 1 aromatic heterocycles. The molecule has 0 radical (unpaired) electrons. The molecular weight excluding hydrogens is 296 g/mol. The smallest absolute Gasteiger partial charge is 0.308 e. The maximum atomic E-state index is 12.5. The van der Waals surface area contributed by atoms with Gasteiger partial charge in [0, 0.05) is 44.6 Å². The molecule has 0 saturated heterocycles. The van der Waals surface area contributed by atoms with E-state index < -0.39 is 5.97 Å². The van der Waals surface area contributed by atoms with Crippen molar-refractivity contribution in [2.45, 2.75) is 19.9 Å². The number of amides is 1. The van der Waals surface area contributed by atoms with Crippen LogP contribution in [0, 0.1) is 0 Å². The van der Waals surface area contributed by atoms with Gasteiger partial charge < -0.3 is 15.4 Å². The van der Waals surface area contributed by atoms with Gasteiger partial charge in [-0.2, -0.15) is 5.10 Å². The van der Waals surface area contributed by atoms with Crippen molar-refractivity contribution in [2.75, 3.05) is 11.9 Å². The fraction of sp³-hybridized carbons (Fsp3) is 0.312. The molecule has 2 N–H and O–H groups in total. The SMILES string of the molecule is CC(=O)Oc1cccc(C(=O)Nc2c3c(nn2C)CCNC3)c1. The lowest BCUT2D eigenvalue weighted by Gasteiger charge is -2.13. The number of benzene rings is 1. The van der Waals surface area contributed by atoms with Gasteiger partial charge >= 0.3 is 5.97 Å². The lowest BCUT2D eigenvalue weighted by atomic mass is 10.1. The predicted octanol–water partition coefficient (Wildman–Crippen LogP) is 1.24. The highest BCUT2D eigenvalue weighted by molar-refractivity contribution is 6.04. The third-order valence-corrected chi connectivity index (χ3v) is 3.66. The molecule has 1 amide bonds. The number of fused-ring (bicyclic) bond motifs is 1. The van der Waals surface area contributed by atoms with Crippen LogP contribution in [0.2, 0.25) is 0 Å². The first-order chi connectivity index (χ1) is 11.0. The van der Waals surface area contributed by atoms with Crippen LogP contribution in [0.5, 0.6) is 5.75 Å². The van der Waals surface area contributed by atoms with E-state index >= 15 is 0 Å². The molecule has 0 bridgehead atoms. The van der Waals surface area contributed by atoms with Crippen molar-refractivity contribution in [2.24, 2.45) is 7.05 Å². The summed E-state index contributed by atoms with van der Waals surface area (Å²) in [4.78, 5) is 23.5. The minimum atomic E-state index is -0.422. The zero-order chi connectivity index (χ0) is 16.4. The van der Waals surface area contributed by atoms with Crippen LogP contribution in [-0.4, -0.2) is 28.2 Å². The van der Waals surface area contributed by atoms with E-state index in [1.165, 1.54) is 13.0 Å². The summed E-state index contributed by atoms with van der Waals surface area (Å²) in [5.74, 6) is 0.346. The number of carbonyl (C=O) groups excluding carboxylic acids is 2. The number of esters is 1. The van der Waals surface area contributed by atoms with E-state index in [2.05, 4.69) is 15.7 Å². The lowest BCUT2D eigenvalue weighted by Crippen LogP contribution is -2.24. The average Bonchev–Trinajstić information content (AvgIpc) is 2.83. The Labute approximate surface area is 133 Å². The monoisotopic (exact) mass is 314 g/mol. The lowest BCUT2D eigenvalue weighted by molar-refractivity contribution is -0.131. The van der Waals surface area contributed by atoms with Crippen molar-refractivity contribution in [1.82, 2.24) is 15.1 Å². The number of hydrogen-bond acceptors (Lipinski definition) is 5. The van der Waals surface area contributed by atoms with E-state index in [1.807, 2.05) is 7.05 Å². The van der Waals surface area contributed by atoms with Gasteiger partial charge in [-0.05, 0) is 18.2 Å². The summed E-state index contributed by atoms with van der Waals surface area (Å²) in [6.45, 7) is 2.90. The fourth-order valence-corrected chi connectivity index (χ4v) is 2.63. The van der Waals surface area contributed by atoms with Crippen molar-refractivity contribution < 1.29 is 14.3 Å². The van der Waals surface area contributed by atoms with Crippen LogP contribution in [0.4, 0.5) is 5.82 Å². The number of anilines is 1. The highest BCUT2D eigenvalue weighted by Crippen LogP contribution is 2.23. The van der Waals surface area contributed by atoms with Crippen molar-refractivity contribution in [1.29, 1.82) is 0 Å². The van der Waals surface area contributed by atoms with Crippen molar-refractivity contribution in [3.8, 4) is 5.75 Å². The van der Waals surface area contributed by atoms with Gasteiger partial charge in [0.2, 0.25) is 0 Å². The number of ether oxygens (including phenoxy) is 1. The van der Waals surface area contributed by atoms with Crippen molar-refractivity contribution in [3.05, 3.63) is 41.1 Å². The molecule has 7 nitrogen and oxygen atoms in total. The molecule has 0 saturated carbocycles. The van der Waals surface area contributed by atoms with Crippen LogP contribution in [0.1, 0.15) is 28.5 Å². The fourth-order valence-electron chi connectivity index (χ4n) is 2.63. The Kier molecular flexibility index (Phi) is 4.12. The molecule has 3 rings (SSSR count). The van der Waals surface area contributed by atoms with Gasteiger partial charge in [0.1, 0.15) is 11.6 Å². The number of rotatable bonds is 3. The first kappa shape index (κ1) is 15.2. The molecule has 120 valence electrons. The molecule has 0 aliphatic carbocycles. The third kappa shape index (κ3) is 3.24. The topological polar surface area (TPSA) is 85.2 Å². The molecule has 1 aliphatic heterocycles. The van der Waals surface area contributed by atoms with Gasteiger partial charge in [-0.3, -0.25) is 14.3 Å². The molecule has 1 aliphatic rings. The van der Waals surface area contributed by atoms with Gasteiger partial charge in [0.05, 0.1) is 5.69 Å². The summed E-state index contributed by atoms with van der Waals surface area (Å²) in [5.41, 5.74) is 2.45.